The third kappa shape index (κ3) is 6.19. The van der Waals surface area contributed by atoms with E-state index in [1.165, 1.54) is 4.90 Å². The van der Waals surface area contributed by atoms with Gasteiger partial charge in [0.25, 0.3) is 0 Å². The number of hydrogen-bond donors (Lipinski definition) is 2. The SMILES string of the molecule is C/C(CC(=O)Nc1ccc(Cl)cc1)=N/NC(=O)C(=O)N1CCCCC1. The first-order chi connectivity index (χ1) is 12.0. The molecule has 0 aliphatic carbocycles. The molecule has 1 aliphatic heterocycles. The Balaban J connectivity index is 1.79. The number of carbonyl (C=O) groups is 3. The Kier molecular flexibility index (Phi) is 6.94. The molecule has 1 heterocycles. The lowest BCUT2D eigenvalue weighted by atomic mass is 10.1. The summed E-state index contributed by atoms with van der Waals surface area (Å²) >= 11 is 5.78. The zero-order valence-electron chi connectivity index (χ0n) is 14.0. The Hall–Kier alpha value is -2.41. The van der Waals surface area contributed by atoms with Crippen LogP contribution in [0.1, 0.15) is 32.6 Å². The van der Waals surface area contributed by atoms with E-state index in [-0.39, 0.29) is 12.3 Å². The number of nitrogens with zero attached hydrogens (tertiary/aromatic N) is 2. The molecule has 0 atom stereocenters. The van der Waals surface area contributed by atoms with E-state index >= 15 is 0 Å². The molecular weight excluding hydrogens is 344 g/mol. The van der Waals surface area contributed by atoms with Gasteiger partial charge in [0.1, 0.15) is 0 Å². The topological polar surface area (TPSA) is 90.9 Å². The second-order valence-corrected chi connectivity index (χ2v) is 6.31. The van der Waals surface area contributed by atoms with Crippen LogP contribution in [0.2, 0.25) is 5.02 Å². The summed E-state index contributed by atoms with van der Waals surface area (Å²) in [5, 5.41) is 7.10. The quantitative estimate of drug-likeness (QED) is 0.487. The summed E-state index contributed by atoms with van der Waals surface area (Å²) in [6.45, 7) is 2.80. The standard InChI is InChI=1S/C17H21ClN4O3/c1-12(11-15(23)19-14-7-5-13(18)6-8-14)20-21-16(24)17(25)22-9-3-2-4-10-22/h5-8H,2-4,9-11H2,1H3,(H,19,23)(H,21,24)/b20-12-. The molecule has 2 N–H and O–H groups in total. The molecule has 1 aliphatic rings. The van der Waals surface area contributed by atoms with Crippen LogP contribution in [-0.2, 0) is 14.4 Å². The molecule has 0 saturated carbocycles. The molecule has 0 radical (unpaired) electrons. The zero-order valence-corrected chi connectivity index (χ0v) is 14.8. The van der Waals surface area contributed by atoms with E-state index in [0.717, 1.165) is 19.3 Å². The van der Waals surface area contributed by atoms with Gasteiger partial charge >= 0.3 is 11.8 Å². The number of nitrogens with one attached hydrogen (secondary N) is 2. The van der Waals surface area contributed by atoms with E-state index in [0.29, 0.717) is 29.5 Å². The van der Waals surface area contributed by atoms with Gasteiger partial charge in [-0.25, -0.2) is 5.43 Å². The minimum Gasteiger partial charge on any atom is -0.334 e. The molecule has 1 aromatic carbocycles. The van der Waals surface area contributed by atoms with Crippen molar-refractivity contribution in [3.8, 4) is 0 Å². The fourth-order valence-electron chi connectivity index (χ4n) is 2.44. The average molecular weight is 365 g/mol. The van der Waals surface area contributed by atoms with Crippen molar-refractivity contribution in [2.75, 3.05) is 18.4 Å². The van der Waals surface area contributed by atoms with E-state index in [9.17, 15) is 14.4 Å². The zero-order chi connectivity index (χ0) is 18.2. The minimum atomic E-state index is -0.778. The molecule has 1 aromatic rings. The number of carbonyl (C=O) groups excluding carboxylic acids is 3. The molecule has 2 rings (SSSR count). The summed E-state index contributed by atoms with van der Waals surface area (Å²) in [6, 6.07) is 6.71. The Morgan fingerprint density at radius 2 is 1.76 bits per heavy atom. The number of halogens is 1. The molecule has 8 heteroatoms. The maximum Gasteiger partial charge on any atom is 0.329 e. The minimum absolute atomic E-state index is 0.000805. The molecule has 134 valence electrons. The number of amides is 3. The normalized spacial score (nSPS) is 14.8. The van der Waals surface area contributed by atoms with Crippen molar-refractivity contribution in [2.45, 2.75) is 32.6 Å². The summed E-state index contributed by atoms with van der Waals surface area (Å²) in [5.41, 5.74) is 3.23. The number of piperidine rings is 1. The summed E-state index contributed by atoms with van der Waals surface area (Å²) in [6.07, 6.45) is 2.89. The predicted molar refractivity (Wildman–Crippen MR) is 96.4 cm³/mol. The first-order valence-corrected chi connectivity index (χ1v) is 8.51. The molecule has 1 saturated heterocycles. The smallest absolute Gasteiger partial charge is 0.329 e. The molecule has 1 fully saturated rings. The molecule has 7 nitrogen and oxygen atoms in total. The summed E-state index contributed by atoms with van der Waals surface area (Å²) in [5.74, 6) is -1.64. The van der Waals surface area contributed by atoms with Crippen molar-refractivity contribution in [3.63, 3.8) is 0 Å². The van der Waals surface area contributed by atoms with E-state index < -0.39 is 11.8 Å². The lowest BCUT2D eigenvalue weighted by Gasteiger charge is -2.25. The van der Waals surface area contributed by atoms with E-state index in [4.69, 9.17) is 11.6 Å². The van der Waals surface area contributed by atoms with Crippen molar-refractivity contribution in [3.05, 3.63) is 29.3 Å². The Bertz CT molecular complexity index is 667. The van der Waals surface area contributed by atoms with E-state index in [2.05, 4.69) is 15.8 Å². The molecule has 0 spiro atoms. The lowest BCUT2D eigenvalue weighted by Crippen LogP contribution is -2.44. The lowest BCUT2D eigenvalue weighted by molar-refractivity contribution is -0.146. The Morgan fingerprint density at radius 1 is 1.12 bits per heavy atom. The van der Waals surface area contributed by atoms with Crippen LogP contribution in [0.15, 0.2) is 29.4 Å². The van der Waals surface area contributed by atoms with Crippen LogP contribution in [-0.4, -0.2) is 41.4 Å². The fraction of sp³-hybridized carbons (Fsp3) is 0.412. The second-order valence-electron chi connectivity index (χ2n) is 5.87. The number of likely N-dealkylation sites (tertiary alicyclic amines) is 1. The van der Waals surface area contributed by atoms with Crippen molar-refractivity contribution in [1.29, 1.82) is 0 Å². The van der Waals surface area contributed by atoms with Gasteiger partial charge in [0, 0.05) is 29.5 Å². The van der Waals surface area contributed by atoms with Crippen molar-refractivity contribution < 1.29 is 14.4 Å². The van der Waals surface area contributed by atoms with Crippen LogP contribution < -0.4 is 10.7 Å². The van der Waals surface area contributed by atoms with Crippen molar-refractivity contribution in [1.82, 2.24) is 10.3 Å². The summed E-state index contributed by atoms with van der Waals surface area (Å²) in [4.78, 5) is 37.2. The first kappa shape index (κ1) is 18.9. The molecular formula is C17H21ClN4O3. The van der Waals surface area contributed by atoms with Crippen molar-refractivity contribution in [2.24, 2.45) is 5.10 Å². The number of rotatable bonds is 4. The average Bonchev–Trinajstić information content (AvgIpc) is 2.61. The van der Waals surface area contributed by atoms with Gasteiger partial charge in [-0.2, -0.15) is 5.10 Å². The number of benzene rings is 1. The first-order valence-electron chi connectivity index (χ1n) is 8.13. The molecule has 25 heavy (non-hydrogen) atoms. The van der Waals surface area contributed by atoms with Gasteiger partial charge in [-0.3, -0.25) is 14.4 Å². The van der Waals surface area contributed by atoms with Gasteiger partial charge in [0.05, 0.1) is 6.42 Å². The monoisotopic (exact) mass is 364 g/mol. The van der Waals surface area contributed by atoms with Gasteiger partial charge in [0.15, 0.2) is 0 Å². The van der Waals surface area contributed by atoms with Gasteiger partial charge in [0.2, 0.25) is 5.91 Å². The maximum atomic E-state index is 12.0. The van der Waals surface area contributed by atoms with Crippen LogP contribution in [0.3, 0.4) is 0 Å². The Morgan fingerprint density at radius 3 is 2.40 bits per heavy atom. The maximum absolute atomic E-state index is 12.0. The van der Waals surface area contributed by atoms with Gasteiger partial charge in [-0.05, 0) is 50.5 Å². The van der Waals surface area contributed by atoms with E-state index in [1.54, 1.807) is 31.2 Å². The fourth-order valence-corrected chi connectivity index (χ4v) is 2.57. The summed E-state index contributed by atoms with van der Waals surface area (Å²) < 4.78 is 0. The second kappa shape index (κ2) is 9.17. The number of anilines is 1. The third-order valence-electron chi connectivity index (χ3n) is 3.73. The number of hydrazone groups is 1. The molecule has 0 aromatic heterocycles. The van der Waals surface area contributed by atoms with Crippen LogP contribution in [0.4, 0.5) is 5.69 Å². The van der Waals surface area contributed by atoms with Gasteiger partial charge in [-0.1, -0.05) is 11.6 Å². The van der Waals surface area contributed by atoms with Gasteiger partial charge < -0.3 is 10.2 Å². The predicted octanol–water partition coefficient (Wildman–Crippen LogP) is 2.17. The highest BCUT2D eigenvalue weighted by atomic mass is 35.5. The molecule has 3 amide bonds. The largest absolute Gasteiger partial charge is 0.334 e. The Labute approximate surface area is 151 Å². The van der Waals surface area contributed by atoms with E-state index in [1.807, 2.05) is 0 Å². The van der Waals surface area contributed by atoms with Crippen LogP contribution in [0.25, 0.3) is 0 Å². The highest BCUT2D eigenvalue weighted by molar-refractivity contribution is 6.35. The number of hydrogen-bond acceptors (Lipinski definition) is 4. The van der Waals surface area contributed by atoms with Crippen LogP contribution in [0, 0.1) is 0 Å². The highest BCUT2D eigenvalue weighted by Gasteiger charge is 2.23. The van der Waals surface area contributed by atoms with Crippen molar-refractivity contribution >= 4 is 40.7 Å². The third-order valence-corrected chi connectivity index (χ3v) is 3.98. The molecule has 0 bridgehead atoms. The van der Waals surface area contributed by atoms with Gasteiger partial charge in [-0.15, -0.1) is 0 Å². The van der Waals surface area contributed by atoms with Crippen LogP contribution in [0.5, 0.6) is 0 Å². The highest BCUT2D eigenvalue weighted by Crippen LogP contribution is 2.13. The molecule has 0 unspecified atom stereocenters. The van der Waals surface area contributed by atoms with Crippen LogP contribution >= 0.6 is 11.6 Å². The summed E-state index contributed by atoms with van der Waals surface area (Å²) in [7, 11) is 0.